The van der Waals surface area contributed by atoms with Gasteiger partial charge in [0.05, 0.1) is 26.0 Å². The zero-order chi connectivity index (χ0) is 17.6. The van der Waals surface area contributed by atoms with Gasteiger partial charge in [0.1, 0.15) is 11.8 Å². The fourth-order valence-electron chi connectivity index (χ4n) is 3.12. The summed E-state index contributed by atoms with van der Waals surface area (Å²) >= 11 is 0. The largest absolute Gasteiger partial charge is 0.495 e. The first-order chi connectivity index (χ1) is 12.2. The molecule has 3 rings (SSSR count). The lowest BCUT2D eigenvalue weighted by molar-refractivity contribution is -0.123. The number of hydrogen-bond donors (Lipinski definition) is 1. The standard InChI is InChI=1S/C20H24N2O3/c1-15-8-9-18(24-2)17(14-15)21-20(23)19(16-6-4-3-5-7-16)22-10-12-25-13-11-22/h3-9,14,19H,10-13H2,1-2H3,(H,21,23)/t19-/m0/s1. The molecule has 1 N–H and O–H groups in total. The lowest BCUT2D eigenvalue weighted by Crippen LogP contribution is -2.43. The van der Waals surface area contributed by atoms with Crippen LogP contribution >= 0.6 is 0 Å². The van der Waals surface area contributed by atoms with Crippen molar-refractivity contribution in [3.05, 3.63) is 59.7 Å². The van der Waals surface area contributed by atoms with Crippen molar-refractivity contribution in [3.8, 4) is 5.75 Å². The van der Waals surface area contributed by atoms with E-state index in [4.69, 9.17) is 9.47 Å². The predicted octanol–water partition coefficient (Wildman–Crippen LogP) is 3.02. The molecule has 2 aromatic carbocycles. The number of ether oxygens (including phenoxy) is 2. The van der Waals surface area contributed by atoms with E-state index in [0.717, 1.165) is 24.2 Å². The highest BCUT2D eigenvalue weighted by Crippen LogP contribution is 2.29. The molecule has 0 aliphatic carbocycles. The van der Waals surface area contributed by atoms with E-state index < -0.39 is 0 Å². The third-order valence-corrected chi connectivity index (χ3v) is 4.39. The van der Waals surface area contributed by atoms with Gasteiger partial charge in [-0.3, -0.25) is 9.69 Å². The van der Waals surface area contributed by atoms with Gasteiger partial charge in [-0.2, -0.15) is 0 Å². The van der Waals surface area contributed by atoms with Crippen LogP contribution in [-0.2, 0) is 9.53 Å². The van der Waals surface area contributed by atoms with Crippen LogP contribution in [0.15, 0.2) is 48.5 Å². The quantitative estimate of drug-likeness (QED) is 0.909. The molecule has 132 valence electrons. The minimum Gasteiger partial charge on any atom is -0.495 e. The molecule has 0 unspecified atom stereocenters. The summed E-state index contributed by atoms with van der Waals surface area (Å²) in [5.74, 6) is 0.602. The Morgan fingerprint density at radius 3 is 2.56 bits per heavy atom. The fraction of sp³-hybridized carbons (Fsp3) is 0.350. The van der Waals surface area contributed by atoms with Crippen LogP contribution in [0, 0.1) is 6.92 Å². The number of carbonyl (C=O) groups excluding carboxylic acids is 1. The van der Waals surface area contributed by atoms with Crippen molar-refractivity contribution in [3.63, 3.8) is 0 Å². The van der Waals surface area contributed by atoms with Gasteiger partial charge in [-0.25, -0.2) is 0 Å². The van der Waals surface area contributed by atoms with Gasteiger partial charge in [0.25, 0.3) is 0 Å². The van der Waals surface area contributed by atoms with Crippen LogP contribution in [0.3, 0.4) is 0 Å². The average Bonchev–Trinajstić information content (AvgIpc) is 2.64. The van der Waals surface area contributed by atoms with Crippen LogP contribution in [0.4, 0.5) is 5.69 Å². The van der Waals surface area contributed by atoms with Crippen molar-refractivity contribution < 1.29 is 14.3 Å². The van der Waals surface area contributed by atoms with Gasteiger partial charge in [0.2, 0.25) is 5.91 Å². The number of aryl methyl sites for hydroxylation is 1. The van der Waals surface area contributed by atoms with E-state index >= 15 is 0 Å². The first-order valence-electron chi connectivity index (χ1n) is 8.51. The van der Waals surface area contributed by atoms with Gasteiger partial charge in [-0.05, 0) is 30.2 Å². The number of amides is 1. The molecule has 1 aliphatic heterocycles. The summed E-state index contributed by atoms with van der Waals surface area (Å²) in [5.41, 5.74) is 2.74. The third kappa shape index (κ3) is 4.18. The van der Waals surface area contributed by atoms with Crippen LogP contribution in [0.5, 0.6) is 5.75 Å². The second kappa shape index (κ2) is 8.14. The highest BCUT2D eigenvalue weighted by molar-refractivity contribution is 5.96. The molecule has 0 bridgehead atoms. The number of nitrogens with one attached hydrogen (secondary N) is 1. The first-order valence-corrected chi connectivity index (χ1v) is 8.51. The monoisotopic (exact) mass is 340 g/mol. The Morgan fingerprint density at radius 1 is 1.16 bits per heavy atom. The zero-order valence-corrected chi connectivity index (χ0v) is 14.7. The number of anilines is 1. The minimum absolute atomic E-state index is 0.0583. The Hall–Kier alpha value is -2.37. The Bertz CT molecular complexity index is 712. The molecule has 1 fully saturated rings. The van der Waals surface area contributed by atoms with E-state index in [0.29, 0.717) is 24.7 Å². The molecule has 0 radical (unpaired) electrons. The Morgan fingerprint density at radius 2 is 1.88 bits per heavy atom. The van der Waals surface area contributed by atoms with Crippen LogP contribution in [0.25, 0.3) is 0 Å². The topological polar surface area (TPSA) is 50.8 Å². The Kier molecular flexibility index (Phi) is 5.68. The van der Waals surface area contributed by atoms with Crippen molar-refractivity contribution in [1.29, 1.82) is 0 Å². The molecule has 1 amide bonds. The minimum atomic E-state index is -0.352. The van der Waals surface area contributed by atoms with Crippen LogP contribution < -0.4 is 10.1 Å². The summed E-state index contributed by atoms with van der Waals surface area (Å²) in [6, 6.07) is 15.3. The summed E-state index contributed by atoms with van der Waals surface area (Å²) < 4.78 is 10.8. The maximum absolute atomic E-state index is 13.1. The lowest BCUT2D eigenvalue weighted by atomic mass is 10.0. The summed E-state index contributed by atoms with van der Waals surface area (Å²) in [6.45, 7) is 4.75. The lowest BCUT2D eigenvalue weighted by Gasteiger charge is -2.33. The normalized spacial score (nSPS) is 16.2. The maximum atomic E-state index is 13.1. The van der Waals surface area contributed by atoms with Gasteiger partial charge in [0, 0.05) is 13.1 Å². The highest BCUT2D eigenvalue weighted by Gasteiger charge is 2.29. The number of nitrogens with zero attached hydrogens (tertiary/aromatic N) is 1. The maximum Gasteiger partial charge on any atom is 0.246 e. The molecule has 0 aromatic heterocycles. The summed E-state index contributed by atoms with van der Waals surface area (Å²) in [5, 5.41) is 3.05. The van der Waals surface area contributed by atoms with Crippen molar-refractivity contribution >= 4 is 11.6 Å². The number of morpholine rings is 1. The van der Waals surface area contributed by atoms with E-state index in [9.17, 15) is 4.79 Å². The summed E-state index contributed by atoms with van der Waals surface area (Å²) in [4.78, 5) is 15.3. The molecule has 5 heteroatoms. The molecule has 1 heterocycles. The second-order valence-corrected chi connectivity index (χ2v) is 6.15. The van der Waals surface area contributed by atoms with Crippen molar-refractivity contribution in [2.45, 2.75) is 13.0 Å². The number of carbonyl (C=O) groups is 1. The molecule has 2 aromatic rings. The van der Waals surface area contributed by atoms with Crippen molar-refractivity contribution in [2.75, 3.05) is 38.7 Å². The van der Waals surface area contributed by atoms with Gasteiger partial charge in [0.15, 0.2) is 0 Å². The SMILES string of the molecule is COc1ccc(C)cc1NC(=O)[C@H](c1ccccc1)N1CCOCC1. The molecule has 5 nitrogen and oxygen atoms in total. The second-order valence-electron chi connectivity index (χ2n) is 6.15. The van der Waals surface area contributed by atoms with E-state index in [1.54, 1.807) is 7.11 Å². The van der Waals surface area contributed by atoms with E-state index in [-0.39, 0.29) is 11.9 Å². The average molecular weight is 340 g/mol. The molecule has 0 saturated carbocycles. The number of rotatable bonds is 5. The van der Waals surface area contributed by atoms with Gasteiger partial charge >= 0.3 is 0 Å². The van der Waals surface area contributed by atoms with Crippen molar-refractivity contribution in [2.24, 2.45) is 0 Å². The highest BCUT2D eigenvalue weighted by atomic mass is 16.5. The molecule has 1 atom stereocenters. The zero-order valence-electron chi connectivity index (χ0n) is 14.7. The Labute approximate surface area is 148 Å². The Balaban J connectivity index is 1.88. The molecule has 25 heavy (non-hydrogen) atoms. The number of hydrogen-bond acceptors (Lipinski definition) is 4. The van der Waals surface area contributed by atoms with Crippen LogP contribution in [0.2, 0.25) is 0 Å². The number of benzene rings is 2. The number of methoxy groups -OCH3 is 1. The van der Waals surface area contributed by atoms with E-state index in [1.165, 1.54) is 0 Å². The van der Waals surface area contributed by atoms with Crippen LogP contribution in [-0.4, -0.2) is 44.2 Å². The molecule has 0 spiro atoms. The first kappa shape index (κ1) is 17.5. The molecular weight excluding hydrogens is 316 g/mol. The smallest absolute Gasteiger partial charge is 0.246 e. The van der Waals surface area contributed by atoms with Crippen LogP contribution in [0.1, 0.15) is 17.2 Å². The third-order valence-electron chi connectivity index (χ3n) is 4.39. The van der Waals surface area contributed by atoms with Gasteiger partial charge < -0.3 is 14.8 Å². The summed E-state index contributed by atoms with van der Waals surface area (Å²) in [7, 11) is 1.61. The summed E-state index contributed by atoms with van der Waals surface area (Å²) in [6.07, 6.45) is 0. The van der Waals surface area contributed by atoms with Gasteiger partial charge in [-0.15, -0.1) is 0 Å². The predicted molar refractivity (Wildman–Crippen MR) is 97.9 cm³/mol. The molecular formula is C20H24N2O3. The van der Waals surface area contributed by atoms with E-state index in [2.05, 4.69) is 10.2 Å². The van der Waals surface area contributed by atoms with E-state index in [1.807, 2.05) is 55.5 Å². The van der Waals surface area contributed by atoms with Crippen molar-refractivity contribution in [1.82, 2.24) is 4.90 Å². The molecule has 1 aliphatic rings. The fourth-order valence-corrected chi connectivity index (χ4v) is 3.12. The van der Waals surface area contributed by atoms with Gasteiger partial charge in [-0.1, -0.05) is 36.4 Å². The molecule has 1 saturated heterocycles.